The molecule has 0 aromatic heterocycles. The van der Waals surface area contributed by atoms with Crippen LogP contribution < -0.4 is 0 Å². The summed E-state index contributed by atoms with van der Waals surface area (Å²) in [6.07, 6.45) is 0.862. The molecule has 1 fully saturated rings. The van der Waals surface area contributed by atoms with E-state index in [-0.39, 0.29) is 17.1 Å². The van der Waals surface area contributed by atoms with Crippen LogP contribution in [-0.4, -0.2) is 40.4 Å². The minimum Gasteiger partial charge on any atom is -0.506 e. The molecule has 6 nitrogen and oxygen atoms in total. The van der Waals surface area contributed by atoms with Crippen molar-refractivity contribution in [3.63, 3.8) is 0 Å². The van der Waals surface area contributed by atoms with Crippen molar-refractivity contribution in [1.29, 1.82) is 0 Å². The van der Waals surface area contributed by atoms with Crippen molar-refractivity contribution in [2.24, 2.45) is 5.10 Å². The van der Waals surface area contributed by atoms with Gasteiger partial charge in [0.25, 0.3) is 0 Å². The van der Waals surface area contributed by atoms with Gasteiger partial charge in [0.2, 0.25) is 0 Å². The highest BCUT2D eigenvalue weighted by atomic mass is 127. The van der Waals surface area contributed by atoms with Crippen molar-refractivity contribution >= 4 is 45.9 Å². The summed E-state index contributed by atoms with van der Waals surface area (Å²) in [5.74, 6) is -0.286. The zero-order valence-corrected chi connectivity index (χ0v) is 17.5. The Kier molecular flexibility index (Phi) is 6.44. The van der Waals surface area contributed by atoms with Crippen molar-refractivity contribution in [3.8, 4) is 0 Å². The lowest BCUT2D eigenvalue weighted by atomic mass is 9.89. The third kappa shape index (κ3) is 5.30. The Bertz CT molecular complexity index is 761. The van der Waals surface area contributed by atoms with Crippen molar-refractivity contribution in [3.05, 3.63) is 39.0 Å². The molecule has 0 saturated heterocycles. The van der Waals surface area contributed by atoms with Gasteiger partial charge >= 0.3 is 6.09 Å². The van der Waals surface area contributed by atoms with E-state index in [1.165, 1.54) is 7.05 Å². The molecule has 1 aromatic carbocycles. The van der Waals surface area contributed by atoms with Gasteiger partial charge in [0.15, 0.2) is 5.78 Å². The number of benzene rings is 1. The molecule has 26 heavy (non-hydrogen) atoms. The van der Waals surface area contributed by atoms with E-state index in [9.17, 15) is 14.7 Å². The lowest BCUT2D eigenvalue weighted by molar-refractivity contribution is -0.115. The number of allylic oxidation sites excluding steroid dienone is 1. The van der Waals surface area contributed by atoms with Crippen LogP contribution in [0.1, 0.15) is 45.6 Å². The van der Waals surface area contributed by atoms with E-state index in [0.717, 1.165) is 8.58 Å². The Balaban J connectivity index is 2.38. The number of hydrazone groups is 1. The largest absolute Gasteiger partial charge is 0.506 e. The number of carbonyl (C=O) groups excluding carboxylic acids is 2. The monoisotopic (exact) mass is 470 g/mol. The van der Waals surface area contributed by atoms with E-state index in [0.29, 0.717) is 30.5 Å². The van der Waals surface area contributed by atoms with E-state index < -0.39 is 11.7 Å². The van der Waals surface area contributed by atoms with Gasteiger partial charge in [-0.15, -0.1) is 0 Å². The molecule has 2 rings (SSSR count). The lowest BCUT2D eigenvalue weighted by Crippen LogP contribution is -2.33. The quantitative estimate of drug-likeness (QED) is 0.298. The first-order chi connectivity index (χ1) is 12.1. The van der Waals surface area contributed by atoms with E-state index >= 15 is 0 Å². The molecule has 1 aromatic rings. The van der Waals surface area contributed by atoms with E-state index in [2.05, 4.69) is 27.7 Å². The molecule has 0 bridgehead atoms. The molecule has 1 aliphatic carbocycles. The summed E-state index contributed by atoms with van der Waals surface area (Å²) in [5.41, 5.74) is 0.470. The molecule has 0 spiro atoms. The summed E-state index contributed by atoms with van der Waals surface area (Å²) in [6, 6.07) is 7.20. The highest BCUT2D eigenvalue weighted by Crippen LogP contribution is 2.26. The highest BCUT2D eigenvalue weighted by Gasteiger charge is 2.28. The van der Waals surface area contributed by atoms with Crippen LogP contribution in [0.5, 0.6) is 0 Å². The van der Waals surface area contributed by atoms with Crippen molar-refractivity contribution in [1.82, 2.24) is 5.01 Å². The Morgan fingerprint density at radius 3 is 2.42 bits per heavy atom. The molecule has 0 radical (unpaired) electrons. The van der Waals surface area contributed by atoms with Gasteiger partial charge in [-0.25, -0.2) is 9.80 Å². The predicted molar refractivity (Wildman–Crippen MR) is 109 cm³/mol. The van der Waals surface area contributed by atoms with Gasteiger partial charge in [0, 0.05) is 22.6 Å². The molecular weight excluding hydrogens is 447 g/mol. The molecule has 0 heterocycles. The Hall–Kier alpha value is -1.90. The molecular formula is C19H23IN2O4. The van der Waals surface area contributed by atoms with E-state index in [1.54, 1.807) is 32.9 Å². The van der Waals surface area contributed by atoms with Gasteiger partial charge in [-0.05, 0) is 68.3 Å². The van der Waals surface area contributed by atoms with Crippen LogP contribution in [0, 0.1) is 3.57 Å². The first kappa shape index (κ1) is 20.4. The maximum atomic E-state index is 12.4. The van der Waals surface area contributed by atoms with Gasteiger partial charge < -0.3 is 9.84 Å². The molecule has 7 heteroatoms. The van der Waals surface area contributed by atoms with E-state index in [1.807, 2.05) is 12.1 Å². The molecule has 1 aliphatic rings. The minimum atomic E-state index is -0.643. The summed E-state index contributed by atoms with van der Waals surface area (Å²) in [4.78, 5) is 24.6. The molecule has 0 unspecified atom stereocenters. The van der Waals surface area contributed by atoms with E-state index in [4.69, 9.17) is 4.74 Å². The van der Waals surface area contributed by atoms with Gasteiger partial charge in [0.05, 0.1) is 11.3 Å². The number of Topliss-reactive ketones (excluding diaryl/α,β-unsaturated/α-hetero) is 1. The number of hydrogen-bond acceptors (Lipinski definition) is 5. The fourth-order valence-electron chi connectivity index (χ4n) is 2.50. The Morgan fingerprint density at radius 1 is 1.23 bits per heavy atom. The second-order valence-electron chi connectivity index (χ2n) is 7.06. The lowest BCUT2D eigenvalue weighted by Gasteiger charge is -2.24. The number of carbonyl (C=O) groups is 2. The number of rotatable bonds is 2. The average Bonchev–Trinajstić information content (AvgIpc) is 2.53. The van der Waals surface area contributed by atoms with Crippen LogP contribution in [0.3, 0.4) is 0 Å². The first-order valence-electron chi connectivity index (χ1n) is 8.35. The maximum Gasteiger partial charge on any atom is 0.430 e. The molecule has 140 valence electrons. The SMILES string of the molecule is CN(N=C1CCCC(=O)C1=C(O)c1ccc(I)cc1)C(=O)OC(C)(C)C. The molecule has 0 atom stereocenters. The van der Waals surface area contributed by atoms with Gasteiger partial charge in [-0.3, -0.25) is 4.79 Å². The predicted octanol–water partition coefficient (Wildman–Crippen LogP) is 4.54. The third-order valence-corrected chi connectivity index (χ3v) is 4.39. The van der Waals surface area contributed by atoms with Crippen LogP contribution in [-0.2, 0) is 9.53 Å². The molecule has 0 aliphatic heterocycles. The number of halogens is 1. The number of hydrogen-bond donors (Lipinski definition) is 1. The van der Waals surface area contributed by atoms with Crippen LogP contribution in [0.25, 0.3) is 5.76 Å². The number of amides is 1. The average molecular weight is 470 g/mol. The Labute approximate surface area is 167 Å². The molecule has 1 N–H and O–H groups in total. The fraction of sp³-hybridized carbons (Fsp3) is 0.421. The highest BCUT2D eigenvalue weighted by molar-refractivity contribution is 14.1. The van der Waals surface area contributed by atoms with Gasteiger partial charge in [-0.2, -0.15) is 5.10 Å². The summed E-state index contributed by atoms with van der Waals surface area (Å²) >= 11 is 2.17. The van der Waals surface area contributed by atoms with Crippen LogP contribution in [0.15, 0.2) is 34.9 Å². The van der Waals surface area contributed by atoms with Crippen molar-refractivity contribution < 1.29 is 19.4 Å². The minimum absolute atomic E-state index is 0.109. The number of ketones is 1. The van der Waals surface area contributed by atoms with Gasteiger partial charge in [-0.1, -0.05) is 12.1 Å². The standard InChI is InChI=1S/C19H23IN2O4/c1-19(2,3)26-18(25)22(4)21-14-6-5-7-15(23)16(14)17(24)12-8-10-13(20)11-9-12/h8-11,24H,5-7H2,1-4H3. The second kappa shape index (κ2) is 8.20. The van der Waals surface area contributed by atoms with Crippen molar-refractivity contribution in [2.45, 2.75) is 45.6 Å². The zero-order chi connectivity index (χ0) is 19.5. The Morgan fingerprint density at radius 2 is 1.85 bits per heavy atom. The first-order valence-corrected chi connectivity index (χ1v) is 9.43. The summed E-state index contributed by atoms with van der Waals surface area (Å²) in [6.45, 7) is 5.30. The van der Waals surface area contributed by atoms with Crippen LogP contribution in [0.2, 0.25) is 0 Å². The number of aliphatic hydroxyl groups excluding tert-OH is 1. The zero-order valence-electron chi connectivity index (χ0n) is 15.4. The third-order valence-electron chi connectivity index (χ3n) is 3.67. The second-order valence-corrected chi connectivity index (χ2v) is 8.30. The number of aliphatic hydroxyl groups is 1. The van der Waals surface area contributed by atoms with Crippen molar-refractivity contribution in [2.75, 3.05) is 7.05 Å². The molecule has 1 saturated carbocycles. The topological polar surface area (TPSA) is 79.2 Å². The summed E-state index contributed by atoms with van der Waals surface area (Å²) in [7, 11) is 1.47. The summed E-state index contributed by atoms with van der Waals surface area (Å²) in [5, 5.41) is 16.0. The number of nitrogens with zero attached hydrogens (tertiary/aromatic N) is 2. The number of ether oxygens (including phenoxy) is 1. The van der Waals surface area contributed by atoms with Crippen LogP contribution >= 0.6 is 22.6 Å². The summed E-state index contributed by atoms with van der Waals surface area (Å²) < 4.78 is 6.30. The van der Waals surface area contributed by atoms with Gasteiger partial charge in [0.1, 0.15) is 11.4 Å². The fourth-order valence-corrected chi connectivity index (χ4v) is 2.86. The molecule has 1 amide bonds. The van der Waals surface area contributed by atoms with Crippen LogP contribution in [0.4, 0.5) is 4.79 Å². The smallest absolute Gasteiger partial charge is 0.430 e. The maximum absolute atomic E-state index is 12.4. The normalized spacial score (nSPS) is 18.7.